The molecule has 0 amide bonds. The smallest absolute Gasteiger partial charge is 0.284 e. The molecule has 4 rings (SSSR count). The molecule has 2 heterocycles. The molecule has 1 N–H and O–H groups in total. The van der Waals surface area contributed by atoms with Crippen molar-refractivity contribution in [3.05, 3.63) is 40.1 Å². The lowest BCUT2D eigenvalue weighted by molar-refractivity contribution is -0.743. The second-order valence-electron chi connectivity index (χ2n) is 6.31. The van der Waals surface area contributed by atoms with E-state index >= 15 is 0 Å². The Labute approximate surface area is 156 Å². The highest BCUT2D eigenvalue weighted by molar-refractivity contribution is 5.85. The lowest BCUT2D eigenvalue weighted by Gasteiger charge is -2.17. The number of methoxy groups -OCH3 is 4. The first-order valence-corrected chi connectivity index (χ1v) is 8.58. The van der Waals surface area contributed by atoms with Gasteiger partial charge in [0.2, 0.25) is 0 Å². The van der Waals surface area contributed by atoms with Gasteiger partial charge < -0.3 is 18.9 Å². The number of aryl methyl sites for hydroxylation is 2. The molecule has 7 nitrogen and oxygen atoms in total. The van der Waals surface area contributed by atoms with Crippen LogP contribution in [0.1, 0.15) is 5.56 Å². The third-order valence-corrected chi connectivity index (χ3v) is 4.98. The summed E-state index contributed by atoms with van der Waals surface area (Å²) in [6, 6.07) is 7.30. The summed E-state index contributed by atoms with van der Waals surface area (Å²) >= 11 is 0. The van der Waals surface area contributed by atoms with Crippen LogP contribution in [0.2, 0.25) is 0 Å². The van der Waals surface area contributed by atoms with Crippen LogP contribution in [0.3, 0.4) is 0 Å². The Bertz CT molecular complexity index is 1100. The van der Waals surface area contributed by atoms with Crippen molar-refractivity contribution in [2.24, 2.45) is 0 Å². The lowest BCUT2D eigenvalue weighted by atomic mass is 9.96. The molecular formula is C20H21N2O5+. The van der Waals surface area contributed by atoms with Gasteiger partial charge in [-0.25, -0.2) is 0 Å². The number of rotatable bonds is 4. The molecule has 140 valence electrons. The molecule has 0 fully saturated rings. The van der Waals surface area contributed by atoms with Crippen molar-refractivity contribution in [2.75, 3.05) is 28.4 Å². The van der Waals surface area contributed by atoms with Crippen LogP contribution in [0.5, 0.6) is 23.0 Å². The van der Waals surface area contributed by atoms with Crippen molar-refractivity contribution in [1.29, 1.82) is 0 Å². The lowest BCUT2D eigenvalue weighted by Crippen LogP contribution is -2.47. The van der Waals surface area contributed by atoms with Gasteiger partial charge in [-0.15, -0.1) is 4.68 Å². The van der Waals surface area contributed by atoms with Gasteiger partial charge in [0.15, 0.2) is 29.5 Å². The van der Waals surface area contributed by atoms with Crippen molar-refractivity contribution in [3.8, 4) is 34.3 Å². The van der Waals surface area contributed by atoms with Gasteiger partial charge in [0.25, 0.3) is 11.1 Å². The van der Waals surface area contributed by atoms with Gasteiger partial charge in [0.05, 0.1) is 39.4 Å². The molecule has 0 radical (unpaired) electrons. The van der Waals surface area contributed by atoms with E-state index in [9.17, 15) is 4.79 Å². The van der Waals surface area contributed by atoms with Gasteiger partial charge >= 0.3 is 0 Å². The van der Waals surface area contributed by atoms with Crippen LogP contribution in [-0.2, 0) is 13.0 Å². The Morgan fingerprint density at radius 1 is 0.852 bits per heavy atom. The standard InChI is InChI=1S/C20H20N2O5/c1-24-15-7-11-5-6-22-19(12(11)8-16(15)25-2)20(23)13-9-17(26-3)18(27-4)10-14(13)21-22/h7-10H,5-6H2,1-4H3/p+1. The molecule has 1 aliphatic heterocycles. The molecular weight excluding hydrogens is 348 g/mol. The fourth-order valence-corrected chi connectivity index (χ4v) is 3.63. The fourth-order valence-electron chi connectivity index (χ4n) is 3.63. The molecule has 0 saturated heterocycles. The number of nitrogens with zero attached hydrogens (tertiary/aromatic N) is 1. The molecule has 3 aromatic rings. The number of benzene rings is 2. The van der Waals surface area contributed by atoms with E-state index < -0.39 is 0 Å². The average Bonchev–Trinajstić information content (AvgIpc) is 2.71. The molecule has 0 atom stereocenters. The van der Waals surface area contributed by atoms with Gasteiger partial charge in [-0.2, -0.15) is 5.10 Å². The molecule has 0 saturated carbocycles. The maximum absolute atomic E-state index is 13.3. The SMILES string of the molecule is COc1cc2c(cc1OC)-c1c(=O)c3cc(OC)c(OC)cc3[nH][n+]1CC2. The summed E-state index contributed by atoms with van der Waals surface area (Å²) in [6.07, 6.45) is 0.780. The summed E-state index contributed by atoms with van der Waals surface area (Å²) in [5.41, 5.74) is 3.12. The van der Waals surface area contributed by atoms with Gasteiger partial charge in [-0.3, -0.25) is 4.79 Å². The number of hydrogen-bond donors (Lipinski definition) is 1. The second kappa shape index (κ2) is 6.50. The molecule has 27 heavy (non-hydrogen) atoms. The van der Waals surface area contributed by atoms with Crippen molar-refractivity contribution < 1.29 is 23.6 Å². The van der Waals surface area contributed by atoms with Crippen LogP contribution in [-0.4, -0.2) is 33.5 Å². The Morgan fingerprint density at radius 2 is 1.44 bits per heavy atom. The van der Waals surface area contributed by atoms with E-state index in [0.29, 0.717) is 46.1 Å². The number of fused-ring (bicyclic) bond motifs is 4. The monoisotopic (exact) mass is 369 g/mol. The first-order valence-electron chi connectivity index (χ1n) is 8.58. The van der Waals surface area contributed by atoms with Crippen LogP contribution in [0.4, 0.5) is 0 Å². The molecule has 2 aromatic carbocycles. The molecule has 0 spiro atoms. The Hall–Kier alpha value is -3.22. The van der Waals surface area contributed by atoms with E-state index in [4.69, 9.17) is 18.9 Å². The van der Waals surface area contributed by atoms with Crippen molar-refractivity contribution >= 4 is 10.9 Å². The zero-order valence-corrected chi connectivity index (χ0v) is 15.7. The van der Waals surface area contributed by atoms with Gasteiger partial charge in [0.1, 0.15) is 5.52 Å². The minimum Gasteiger partial charge on any atom is -0.493 e. The minimum atomic E-state index is -0.0714. The highest BCUT2D eigenvalue weighted by atomic mass is 16.5. The van der Waals surface area contributed by atoms with E-state index in [-0.39, 0.29) is 5.43 Å². The third-order valence-electron chi connectivity index (χ3n) is 4.98. The average molecular weight is 369 g/mol. The summed E-state index contributed by atoms with van der Waals surface area (Å²) in [4.78, 5) is 13.3. The Morgan fingerprint density at radius 3 is 2.11 bits per heavy atom. The van der Waals surface area contributed by atoms with E-state index in [2.05, 4.69) is 5.10 Å². The normalized spacial score (nSPS) is 12.3. The fraction of sp³-hybridized carbons (Fsp3) is 0.300. The van der Waals surface area contributed by atoms with Gasteiger partial charge in [-0.05, 0) is 23.8 Å². The molecule has 0 bridgehead atoms. The first-order chi connectivity index (χ1) is 13.1. The number of H-pyrrole nitrogens is 1. The van der Waals surface area contributed by atoms with Crippen LogP contribution in [0.25, 0.3) is 22.2 Å². The van der Waals surface area contributed by atoms with Gasteiger partial charge in [-0.1, -0.05) is 0 Å². The summed E-state index contributed by atoms with van der Waals surface area (Å²) in [5.74, 6) is 2.34. The maximum Gasteiger partial charge on any atom is 0.284 e. The maximum atomic E-state index is 13.3. The van der Waals surface area contributed by atoms with Gasteiger partial charge in [0, 0.05) is 12.5 Å². The highest BCUT2D eigenvalue weighted by Gasteiger charge is 2.30. The van der Waals surface area contributed by atoms with Crippen LogP contribution in [0.15, 0.2) is 29.1 Å². The number of aromatic amines is 1. The predicted molar refractivity (Wildman–Crippen MR) is 100 cm³/mol. The van der Waals surface area contributed by atoms with Crippen LogP contribution >= 0.6 is 0 Å². The topological polar surface area (TPSA) is 73.7 Å². The third kappa shape index (κ3) is 2.58. The quantitative estimate of drug-likeness (QED) is 0.713. The summed E-state index contributed by atoms with van der Waals surface area (Å²) in [7, 11) is 6.32. The molecule has 1 aliphatic rings. The minimum absolute atomic E-state index is 0.0714. The van der Waals surface area contributed by atoms with E-state index in [1.165, 1.54) is 0 Å². The molecule has 0 unspecified atom stereocenters. The predicted octanol–water partition coefficient (Wildman–Crippen LogP) is 2.07. The van der Waals surface area contributed by atoms with E-state index in [1.54, 1.807) is 40.6 Å². The second-order valence-corrected chi connectivity index (χ2v) is 6.31. The van der Waals surface area contributed by atoms with Crippen LogP contribution < -0.4 is 29.1 Å². The molecule has 0 aliphatic carbocycles. The zero-order valence-electron chi connectivity index (χ0n) is 15.7. The molecule has 7 heteroatoms. The van der Waals surface area contributed by atoms with Crippen LogP contribution in [0, 0.1) is 0 Å². The number of ether oxygens (including phenoxy) is 4. The Balaban J connectivity index is 2.03. The molecule has 1 aromatic heterocycles. The number of nitrogens with one attached hydrogen (secondary N) is 1. The van der Waals surface area contributed by atoms with Crippen molar-refractivity contribution in [2.45, 2.75) is 13.0 Å². The first kappa shape index (κ1) is 17.2. The highest BCUT2D eigenvalue weighted by Crippen LogP contribution is 2.36. The summed E-state index contributed by atoms with van der Waals surface area (Å²) in [5, 5.41) is 3.87. The summed E-state index contributed by atoms with van der Waals surface area (Å²) < 4.78 is 23.4. The van der Waals surface area contributed by atoms with Crippen molar-refractivity contribution in [1.82, 2.24) is 5.10 Å². The largest absolute Gasteiger partial charge is 0.493 e. The number of hydrogen-bond acceptors (Lipinski definition) is 5. The van der Waals surface area contributed by atoms with Crippen molar-refractivity contribution in [3.63, 3.8) is 0 Å². The Kier molecular flexibility index (Phi) is 4.14. The summed E-state index contributed by atoms with van der Waals surface area (Å²) in [6.45, 7) is 0.664. The van der Waals surface area contributed by atoms with E-state index in [1.807, 2.05) is 16.8 Å². The van der Waals surface area contributed by atoms with E-state index in [0.717, 1.165) is 17.5 Å². The zero-order chi connectivity index (χ0) is 19.1. The number of aromatic nitrogens is 2.